The molecule has 0 heterocycles. The molecule has 9 heavy (non-hydrogen) atoms. The average molecular weight is 128 g/mol. The molecule has 0 rings (SSSR count). The first-order valence-corrected chi connectivity index (χ1v) is 3.04. The molecule has 0 unspecified atom stereocenters. The molecule has 0 aliphatic rings. The second-order valence-corrected chi connectivity index (χ2v) is 3.22. The third-order valence-electron chi connectivity index (χ3n) is 1.44. The van der Waals surface area contributed by atoms with Crippen molar-refractivity contribution < 1.29 is 0 Å². The minimum absolute atomic E-state index is 0.0891. The van der Waals surface area contributed by atoms with Crippen LogP contribution in [0.5, 0.6) is 0 Å². The zero-order valence-electron chi connectivity index (χ0n) is 6.73. The molecule has 0 saturated heterocycles. The summed E-state index contributed by atoms with van der Waals surface area (Å²) in [6.45, 7) is 9.89. The molecule has 2 nitrogen and oxygen atoms in total. The van der Waals surface area contributed by atoms with E-state index in [0.717, 1.165) is 0 Å². The van der Waals surface area contributed by atoms with Crippen LogP contribution in [0.4, 0.5) is 0 Å². The van der Waals surface area contributed by atoms with E-state index in [-0.39, 0.29) is 5.54 Å². The van der Waals surface area contributed by atoms with E-state index in [4.69, 9.17) is 5.73 Å². The number of hydrogen-bond acceptors (Lipinski definition) is 2. The molecule has 0 aromatic rings. The molecule has 0 aromatic heterocycles. The predicted octanol–water partition coefficient (Wildman–Crippen LogP) is 1.15. The Kier molecular flexibility index (Phi) is 2.13. The predicted molar refractivity (Wildman–Crippen MR) is 40.8 cm³/mol. The van der Waals surface area contributed by atoms with E-state index in [9.17, 15) is 0 Å². The SMILES string of the molecule is C=C(N)N(C)C(C)(C)C. The van der Waals surface area contributed by atoms with Crippen LogP contribution >= 0.6 is 0 Å². The van der Waals surface area contributed by atoms with Gasteiger partial charge in [0.2, 0.25) is 0 Å². The molecule has 54 valence electrons. The molecule has 0 radical (unpaired) electrons. The lowest BCUT2D eigenvalue weighted by Gasteiger charge is -2.33. The van der Waals surface area contributed by atoms with Crippen molar-refractivity contribution in [3.63, 3.8) is 0 Å². The quantitative estimate of drug-likeness (QED) is 0.574. The largest absolute Gasteiger partial charge is 0.386 e. The summed E-state index contributed by atoms with van der Waals surface area (Å²) in [5.74, 6) is 0.613. The summed E-state index contributed by atoms with van der Waals surface area (Å²) < 4.78 is 0. The zero-order valence-corrected chi connectivity index (χ0v) is 6.73. The average Bonchev–Trinajstić information content (AvgIpc) is 1.62. The number of hydrogen-bond donors (Lipinski definition) is 1. The third-order valence-corrected chi connectivity index (χ3v) is 1.44. The molecule has 0 aromatic carbocycles. The van der Waals surface area contributed by atoms with E-state index < -0.39 is 0 Å². The van der Waals surface area contributed by atoms with Gasteiger partial charge in [-0.25, -0.2) is 0 Å². The van der Waals surface area contributed by atoms with Gasteiger partial charge in [0, 0.05) is 12.6 Å². The Labute approximate surface area is 57.3 Å². The van der Waals surface area contributed by atoms with Gasteiger partial charge in [-0.3, -0.25) is 0 Å². The zero-order chi connectivity index (χ0) is 7.65. The van der Waals surface area contributed by atoms with Gasteiger partial charge in [0.25, 0.3) is 0 Å². The fourth-order valence-corrected chi connectivity index (χ4v) is 0.431. The van der Waals surface area contributed by atoms with Crippen molar-refractivity contribution in [1.82, 2.24) is 4.90 Å². The third kappa shape index (κ3) is 2.40. The Hall–Kier alpha value is -0.660. The van der Waals surface area contributed by atoms with Crippen molar-refractivity contribution in [2.24, 2.45) is 5.73 Å². The molecule has 0 aliphatic heterocycles. The summed E-state index contributed by atoms with van der Waals surface area (Å²) in [5.41, 5.74) is 5.54. The van der Waals surface area contributed by atoms with Gasteiger partial charge < -0.3 is 10.6 Å². The molecule has 0 aliphatic carbocycles. The summed E-state index contributed by atoms with van der Waals surface area (Å²) in [6.07, 6.45) is 0. The maximum atomic E-state index is 5.45. The normalized spacial score (nSPS) is 11.1. The Morgan fingerprint density at radius 3 is 1.78 bits per heavy atom. The van der Waals surface area contributed by atoms with Crippen LogP contribution < -0.4 is 5.73 Å². The maximum Gasteiger partial charge on any atom is 0.0914 e. The van der Waals surface area contributed by atoms with Crippen LogP contribution in [-0.2, 0) is 0 Å². The topological polar surface area (TPSA) is 29.3 Å². The summed E-state index contributed by atoms with van der Waals surface area (Å²) in [6, 6.07) is 0. The van der Waals surface area contributed by atoms with Gasteiger partial charge in [-0.2, -0.15) is 0 Å². The molecular formula is C7H16N2. The monoisotopic (exact) mass is 128 g/mol. The second-order valence-electron chi connectivity index (χ2n) is 3.22. The van der Waals surface area contributed by atoms with E-state index in [1.165, 1.54) is 0 Å². The van der Waals surface area contributed by atoms with Crippen LogP contribution in [-0.4, -0.2) is 17.5 Å². The molecule has 0 fully saturated rings. The smallest absolute Gasteiger partial charge is 0.0914 e. The van der Waals surface area contributed by atoms with Crippen LogP contribution in [0.1, 0.15) is 20.8 Å². The Bertz CT molecular complexity index is 111. The highest BCUT2D eigenvalue weighted by Gasteiger charge is 2.15. The fraction of sp³-hybridized carbons (Fsp3) is 0.714. The lowest BCUT2D eigenvalue weighted by molar-refractivity contribution is 0.226. The molecule has 0 saturated carbocycles. The Balaban J connectivity index is 4.04. The highest BCUT2D eigenvalue weighted by atomic mass is 15.2. The lowest BCUT2D eigenvalue weighted by Crippen LogP contribution is -2.39. The molecule has 0 spiro atoms. The van der Waals surface area contributed by atoms with Crippen molar-refractivity contribution in [3.8, 4) is 0 Å². The summed E-state index contributed by atoms with van der Waals surface area (Å²) in [7, 11) is 1.93. The molecule has 0 amide bonds. The molecule has 0 bridgehead atoms. The molecule has 0 atom stereocenters. The number of nitrogens with two attached hydrogens (primary N) is 1. The highest BCUT2D eigenvalue weighted by molar-refractivity contribution is 4.91. The van der Waals surface area contributed by atoms with Gasteiger partial charge in [-0.15, -0.1) is 0 Å². The first kappa shape index (κ1) is 8.34. The summed E-state index contributed by atoms with van der Waals surface area (Å²) in [5, 5.41) is 0. The van der Waals surface area contributed by atoms with Gasteiger partial charge in [-0.05, 0) is 20.8 Å². The van der Waals surface area contributed by atoms with Gasteiger partial charge in [-0.1, -0.05) is 6.58 Å². The van der Waals surface area contributed by atoms with E-state index in [1.807, 2.05) is 11.9 Å². The number of rotatable bonds is 1. The molecular weight excluding hydrogens is 112 g/mol. The van der Waals surface area contributed by atoms with Crippen LogP contribution in [0.2, 0.25) is 0 Å². The summed E-state index contributed by atoms with van der Waals surface area (Å²) >= 11 is 0. The van der Waals surface area contributed by atoms with E-state index in [1.54, 1.807) is 0 Å². The van der Waals surface area contributed by atoms with Crippen molar-refractivity contribution >= 4 is 0 Å². The van der Waals surface area contributed by atoms with E-state index >= 15 is 0 Å². The summed E-state index contributed by atoms with van der Waals surface area (Å²) in [4.78, 5) is 1.94. The maximum absolute atomic E-state index is 5.45. The van der Waals surface area contributed by atoms with Gasteiger partial charge in [0.1, 0.15) is 0 Å². The van der Waals surface area contributed by atoms with Gasteiger partial charge >= 0.3 is 0 Å². The second kappa shape index (κ2) is 2.29. The van der Waals surface area contributed by atoms with Crippen LogP contribution in [0, 0.1) is 0 Å². The number of nitrogens with zero attached hydrogens (tertiary/aromatic N) is 1. The first-order chi connectivity index (χ1) is 3.85. The standard InChI is InChI=1S/C7H16N2/c1-6(8)9(5)7(2,3)4/h1,8H2,2-5H3. The van der Waals surface area contributed by atoms with Crippen LogP contribution in [0.25, 0.3) is 0 Å². The first-order valence-electron chi connectivity index (χ1n) is 3.04. The molecule has 2 heteroatoms. The molecule has 2 N–H and O–H groups in total. The Morgan fingerprint density at radius 2 is 1.78 bits per heavy atom. The fourth-order valence-electron chi connectivity index (χ4n) is 0.431. The van der Waals surface area contributed by atoms with Crippen molar-refractivity contribution in [2.75, 3.05) is 7.05 Å². The minimum atomic E-state index is 0.0891. The minimum Gasteiger partial charge on any atom is -0.386 e. The van der Waals surface area contributed by atoms with E-state index in [0.29, 0.717) is 5.82 Å². The van der Waals surface area contributed by atoms with Gasteiger partial charge in [0.05, 0.1) is 5.82 Å². The van der Waals surface area contributed by atoms with Crippen molar-refractivity contribution in [3.05, 3.63) is 12.4 Å². The van der Waals surface area contributed by atoms with Gasteiger partial charge in [0.15, 0.2) is 0 Å². The lowest BCUT2D eigenvalue weighted by atomic mass is 10.1. The Morgan fingerprint density at radius 1 is 1.44 bits per heavy atom. The van der Waals surface area contributed by atoms with Crippen LogP contribution in [0.3, 0.4) is 0 Å². The van der Waals surface area contributed by atoms with Crippen LogP contribution in [0.15, 0.2) is 12.4 Å². The van der Waals surface area contributed by atoms with Crippen molar-refractivity contribution in [2.45, 2.75) is 26.3 Å². The highest BCUT2D eigenvalue weighted by Crippen LogP contribution is 2.11. The van der Waals surface area contributed by atoms with E-state index in [2.05, 4.69) is 27.4 Å². The van der Waals surface area contributed by atoms with Crippen molar-refractivity contribution in [1.29, 1.82) is 0 Å².